The summed E-state index contributed by atoms with van der Waals surface area (Å²) in [5, 5.41) is 10.5. The van der Waals surface area contributed by atoms with Crippen LogP contribution in [0.1, 0.15) is 12.8 Å². The maximum atomic E-state index is 13.0. The van der Waals surface area contributed by atoms with Gasteiger partial charge in [0, 0.05) is 25.4 Å². The lowest BCUT2D eigenvalue weighted by Gasteiger charge is -2.35. The Morgan fingerprint density at radius 2 is 1.85 bits per heavy atom. The van der Waals surface area contributed by atoms with E-state index in [0.29, 0.717) is 35.8 Å². The Morgan fingerprint density at radius 3 is 2.58 bits per heavy atom. The van der Waals surface area contributed by atoms with Crippen molar-refractivity contribution in [1.82, 2.24) is 9.97 Å². The first kappa shape index (κ1) is 17.0. The van der Waals surface area contributed by atoms with Crippen molar-refractivity contribution < 1.29 is 19.0 Å². The molecule has 6 nitrogen and oxygen atoms in total. The summed E-state index contributed by atoms with van der Waals surface area (Å²) < 4.78 is 24.1. The summed E-state index contributed by atoms with van der Waals surface area (Å²) in [6.45, 7) is 1.64. The number of hydrogen-bond donors (Lipinski definition) is 1. The molecule has 0 radical (unpaired) electrons. The zero-order valence-electron chi connectivity index (χ0n) is 14.6. The zero-order chi connectivity index (χ0) is 18.1. The molecular formula is C19H22FN3O3. The second kappa shape index (κ2) is 7.07. The fourth-order valence-electron chi connectivity index (χ4n) is 3.97. The van der Waals surface area contributed by atoms with E-state index in [9.17, 15) is 9.50 Å². The van der Waals surface area contributed by atoms with E-state index in [4.69, 9.17) is 9.47 Å². The number of nitrogens with zero attached hydrogens (tertiary/aromatic N) is 3. The average Bonchev–Trinajstić information content (AvgIpc) is 3.06. The van der Waals surface area contributed by atoms with E-state index in [1.54, 1.807) is 31.5 Å². The first-order valence-corrected chi connectivity index (χ1v) is 8.84. The molecule has 1 aliphatic heterocycles. The number of aliphatic hydroxyl groups excluding tert-OH is 1. The van der Waals surface area contributed by atoms with Gasteiger partial charge < -0.3 is 19.5 Å². The third-order valence-electron chi connectivity index (χ3n) is 5.30. The molecule has 0 amide bonds. The molecule has 4 atom stereocenters. The smallest absolute Gasteiger partial charge is 0.228 e. The topological polar surface area (TPSA) is 67.7 Å². The highest BCUT2D eigenvalue weighted by Crippen LogP contribution is 2.39. The number of aliphatic hydroxyl groups is 1. The Kier molecular flexibility index (Phi) is 4.63. The number of anilines is 1. The van der Waals surface area contributed by atoms with Gasteiger partial charge in [0.1, 0.15) is 17.7 Å². The molecule has 1 saturated heterocycles. The van der Waals surface area contributed by atoms with E-state index in [-0.39, 0.29) is 11.9 Å². The summed E-state index contributed by atoms with van der Waals surface area (Å²) in [6.07, 6.45) is 2.31. The Balaban J connectivity index is 1.43. The van der Waals surface area contributed by atoms with Crippen LogP contribution >= 0.6 is 0 Å². The van der Waals surface area contributed by atoms with Crippen LogP contribution in [0.2, 0.25) is 0 Å². The van der Waals surface area contributed by atoms with Crippen LogP contribution in [0.5, 0.6) is 11.6 Å². The molecule has 4 rings (SSSR count). The van der Waals surface area contributed by atoms with Gasteiger partial charge in [-0.1, -0.05) is 0 Å². The van der Waals surface area contributed by atoms with Gasteiger partial charge in [-0.2, -0.15) is 4.98 Å². The zero-order valence-corrected chi connectivity index (χ0v) is 14.6. The summed E-state index contributed by atoms with van der Waals surface area (Å²) in [6, 6.07) is 7.65. The van der Waals surface area contributed by atoms with E-state index in [0.717, 1.165) is 19.5 Å². The predicted molar refractivity (Wildman–Crippen MR) is 93.8 cm³/mol. The van der Waals surface area contributed by atoms with Gasteiger partial charge in [-0.25, -0.2) is 9.37 Å². The minimum absolute atomic E-state index is 0.284. The van der Waals surface area contributed by atoms with Gasteiger partial charge in [0.25, 0.3) is 0 Å². The Bertz CT molecular complexity index is 758. The van der Waals surface area contributed by atoms with Crippen LogP contribution in [-0.4, -0.2) is 47.5 Å². The van der Waals surface area contributed by atoms with Crippen LogP contribution in [0.4, 0.5) is 10.3 Å². The van der Waals surface area contributed by atoms with Gasteiger partial charge in [-0.05, 0) is 48.9 Å². The van der Waals surface area contributed by atoms with Gasteiger partial charge in [0.15, 0.2) is 0 Å². The standard InChI is InChI=1S/C19H22FN3O3/c1-25-18-6-7-21-19(22-18)23-10-12-8-16(24)17(9-13(12)11-23)26-15-4-2-14(20)3-5-15/h2-7,12-13,16-17,24H,8-11H2,1H3/t12-,13+,16+,17+/m0/s1. The normalized spacial score (nSPS) is 27.9. The second-order valence-electron chi connectivity index (χ2n) is 6.97. The number of halogens is 1. The number of ether oxygens (including phenoxy) is 2. The maximum Gasteiger partial charge on any atom is 0.228 e. The number of aromatic nitrogens is 2. The first-order chi connectivity index (χ1) is 12.6. The molecule has 0 unspecified atom stereocenters. The molecule has 2 fully saturated rings. The molecule has 1 saturated carbocycles. The fraction of sp³-hybridized carbons (Fsp3) is 0.474. The molecule has 138 valence electrons. The van der Waals surface area contributed by atoms with Gasteiger partial charge in [0.05, 0.1) is 13.2 Å². The van der Waals surface area contributed by atoms with Crippen molar-refractivity contribution in [2.75, 3.05) is 25.1 Å². The SMILES string of the molecule is COc1ccnc(N2C[C@H]3C[C@@H](Oc4ccc(F)cc4)[C@H](O)C[C@H]3C2)n1. The van der Waals surface area contributed by atoms with E-state index in [1.165, 1.54) is 12.1 Å². The van der Waals surface area contributed by atoms with Crippen molar-refractivity contribution in [3.8, 4) is 11.6 Å². The van der Waals surface area contributed by atoms with E-state index in [2.05, 4.69) is 14.9 Å². The van der Waals surface area contributed by atoms with E-state index < -0.39 is 6.10 Å². The molecule has 1 aromatic heterocycles. The number of hydrogen-bond acceptors (Lipinski definition) is 6. The number of benzene rings is 1. The summed E-state index contributed by atoms with van der Waals surface area (Å²) in [4.78, 5) is 10.9. The Morgan fingerprint density at radius 1 is 1.12 bits per heavy atom. The average molecular weight is 359 g/mol. The highest BCUT2D eigenvalue weighted by atomic mass is 19.1. The minimum atomic E-state index is -0.535. The Hall–Kier alpha value is -2.41. The summed E-state index contributed by atoms with van der Waals surface area (Å²) in [5.74, 6) is 2.27. The monoisotopic (exact) mass is 359 g/mol. The number of rotatable bonds is 4. The molecule has 0 bridgehead atoms. The van der Waals surface area contributed by atoms with Crippen molar-refractivity contribution in [2.24, 2.45) is 11.8 Å². The van der Waals surface area contributed by atoms with Gasteiger partial charge >= 0.3 is 0 Å². The minimum Gasteiger partial charge on any atom is -0.488 e. The van der Waals surface area contributed by atoms with Gasteiger partial charge in [0.2, 0.25) is 11.8 Å². The molecule has 1 aromatic carbocycles. The molecule has 26 heavy (non-hydrogen) atoms. The van der Waals surface area contributed by atoms with Crippen molar-refractivity contribution in [3.63, 3.8) is 0 Å². The lowest BCUT2D eigenvalue weighted by atomic mass is 9.78. The molecule has 0 spiro atoms. The predicted octanol–water partition coefficient (Wildman–Crippen LogP) is 2.28. The van der Waals surface area contributed by atoms with Crippen molar-refractivity contribution in [2.45, 2.75) is 25.0 Å². The van der Waals surface area contributed by atoms with Gasteiger partial charge in [-0.3, -0.25) is 0 Å². The first-order valence-electron chi connectivity index (χ1n) is 8.84. The van der Waals surface area contributed by atoms with Crippen LogP contribution in [0, 0.1) is 17.7 Å². The molecular weight excluding hydrogens is 337 g/mol. The highest BCUT2D eigenvalue weighted by molar-refractivity contribution is 5.34. The van der Waals surface area contributed by atoms with Crippen LogP contribution < -0.4 is 14.4 Å². The molecule has 2 heterocycles. The van der Waals surface area contributed by atoms with Crippen molar-refractivity contribution in [1.29, 1.82) is 0 Å². The molecule has 1 aliphatic carbocycles. The van der Waals surface area contributed by atoms with Crippen LogP contribution in [0.3, 0.4) is 0 Å². The summed E-state index contributed by atoms with van der Waals surface area (Å²) in [5.41, 5.74) is 0. The summed E-state index contributed by atoms with van der Waals surface area (Å²) in [7, 11) is 1.59. The lowest BCUT2D eigenvalue weighted by Crippen LogP contribution is -2.42. The van der Waals surface area contributed by atoms with Crippen molar-refractivity contribution >= 4 is 5.95 Å². The second-order valence-corrected chi connectivity index (χ2v) is 6.97. The molecule has 2 aromatic rings. The number of methoxy groups -OCH3 is 1. The molecule has 1 N–H and O–H groups in total. The highest BCUT2D eigenvalue weighted by Gasteiger charge is 2.43. The summed E-state index contributed by atoms with van der Waals surface area (Å²) >= 11 is 0. The largest absolute Gasteiger partial charge is 0.488 e. The quantitative estimate of drug-likeness (QED) is 0.903. The fourth-order valence-corrected chi connectivity index (χ4v) is 3.97. The van der Waals surface area contributed by atoms with Gasteiger partial charge in [-0.15, -0.1) is 0 Å². The van der Waals surface area contributed by atoms with Crippen LogP contribution in [0.25, 0.3) is 0 Å². The Labute approximate surface area is 151 Å². The molecule has 2 aliphatic rings. The third-order valence-corrected chi connectivity index (χ3v) is 5.30. The maximum absolute atomic E-state index is 13.0. The lowest BCUT2D eigenvalue weighted by molar-refractivity contribution is -0.0231. The van der Waals surface area contributed by atoms with Crippen LogP contribution in [-0.2, 0) is 0 Å². The van der Waals surface area contributed by atoms with Crippen LogP contribution in [0.15, 0.2) is 36.5 Å². The van der Waals surface area contributed by atoms with E-state index in [1.807, 2.05) is 0 Å². The molecule has 7 heteroatoms. The third kappa shape index (κ3) is 3.44. The van der Waals surface area contributed by atoms with Crippen molar-refractivity contribution in [3.05, 3.63) is 42.3 Å². The van der Waals surface area contributed by atoms with E-state index >= 15 is 0 Å². The number of fused-ring (bicyclic) bond motifs is 1.